The van der Waals surface area contributed by atoms with Gasteiger partial charge >= 0.3 is 0 Å². The summed E-state index contributed by atoms with van der Waals surface area (Å²) in [5.74, 6) is 0.252. The molecule has 1 atom stereocenters. The molecule has 0 saturated heterocycles. The van der Waals surface area contributed by atoms with Crippen LogP contribution in [0.1, 0.15) is 46.0 Å². The molecule has 0 bridgehead atoms. The number of Topliss-reactive ketones (excluding diaryl/α,β-unsaturated/α-hetero) is 1. The molecular weight excluding hydrogens is 206 g/mol. The van der Waals surface area contributed by atoms with Crippen molar-refractivity contribution in [2.75, 3.05) is 6.54 Å². The molecule has 0 aromatic heterocycles. The molecule has 4 heteroatoms. The van der Waals surface area contributed by atoms with Gasteiger partial charge in [-0.3, -0.25) is 9.59 Å². The second kappa shape index (κ2) is 6.63. The first kappa shape index (κ1) is 13.2. The van der Waals surface area contributed by atoms with Crippen LogP contribution in [0.15, 0.2) is 0 Å². The minimum Gasteiger partial charge on any atom is -0.365 e. The Morgan fingerprint density at radius 3 is 2.69 bits per heavy atom. The van der Waals surface area contributed by atoms with Crippen molar-refractivity contribution in [2.45, 2.75) is 58.2 Å². The Morgan fingerprint density at radius 1 is 1.50 bits per heavy atom. The zero-order valence-electron chi connectivity index (χ0n) is 10.1. The van der Waals surface area contributed by atoms with Crippen molar-refractivity contribution in [1.82, 2.24) is 5.32 Å². The fourth-order valence-electron chi connectivity index (χ4n) is 1.79. The van der Waals surface area contributed by atoms with E-state index < -0.39 is 6.10 Å². The Balaban J connectivity index is 2.25. The molecule has 1 aliphatic carbocycles. The maximum absolute atomic E-state index is 11.5. The van der Waals surface area contributed by atoms with Crippen LogP contribution >= 0.6 is 0 Å². The van der Waals surface area contributed by atoms with Crippen LogP contribution < -0.4 is 5.32 Å². The van der Waals surface area contributed by atoms with Crippen LogP contribution in [0, 0.1) is 0 Å². The molecule has 0 aromatic rings. The van der Waals surface area contributed by atoms with E-state index in [0.717, 1.165) is 19.3 Å². The highest BCUT2D eigenvalue weighted by atomic mass is 16.5. The van der Waals surface area contributed by atoms with E-state index in [1.54, 1.807) is 6.92 Å². The standard InChI is InChI=1S/C12H21NO3/c1-3-8-13-12(15)9(2)16-11-6-4-10(14)5-7-11/h9,11H,3-8H2,1-2H3,(H,13,15). The van der Waals surface area contributed by atoms with Crippen molar-refractivity contribution in [1.29, 1.82) is 0 Å². The first-order valence-corrected chi connectivity index (χ1v) is 6.08. The normalized spacial score (nSPS) is 19.5. The quantitative estimate of drug-likeness (QED) is 0.773. The highest BCUT2D eigenvalue weighted by Crippen LogP contribution is 2.19. The van der Waals surface area contributed by atoms with Crippen LogP contribution in [0.2, 0.25) is 0 Å². The maximum atomic E-state index is 11.5. The zero-order valence-corrected chi connectivity index (χ0v) is 10.1. The van der Waals surface area contributed by atoms with E-state index in [0.29, 0.717) is 25.2 Å². The second-order valence-corrected chi connectivity index (χ2v) is 4.31. The number of hydrogen-bond acceptors (Lipinski definition) is 3. The summed E-state index contributed by atoms with van der Waals surface area (Å²) in [6.07, 6.45) is 3.28. The van der Waals surface area contributed by atoms with Gasteiger partial charge in [0.1, 0.15) is 11.9 Å². The summed E-state index contributed by atoms with van der Waals surface area (Å²) in [6.45, 7) is 4.47. The van der Waals surface area contributed by atoms with Crippen molar-refractivity contribution < 1.29 is 14.3 Å². The Morgan fingerprint density at radius 2 is 2.12 bits per heavy atom. The Hall–Kier alpha value is -0.900. The van der Waals surface area contributed by atoms with Gasteiger partial charge in [0.15, 0.2) is 0 Å². The van der Waals surface area contributed by atoms with Gasteiger partial charge in [0.05, 0.1) is 6.10 Å². The minimum absolute atomic E-state index is 0.0567. The fraction of sp³-hybridized carbons (Fsp3) is 0.833. The number of nitrogens with one attached hydrogen (secondary N) is 1. The number of rotatable bonds is 5. The molecule has 1 amide bonds. The fourth-order valence-corrected chi connectivity index (χ4v) is 1.79. The zero-order chi connectivity index (χ0) is 12.0. The molecule has 1 saturated carbocycles. The number of ketones is 1. The second-order valence-electron chi connectivity index (χ2n) is 4.31. The van der Waals surface area contributed by atoms with Gasteiger partial charge in [0, 0.05) is 19.4 Å². The summed E-state index contributed by atoms with van der Waals surface area (Å²) in [4.78, 5) is 22.6. The van der Waals surface area contributed by atoms with E-state index in [9.17, 15) is 9.59 Å². The number of carbonyl (C=O) groups is 2. The lowest BCUT2D eigenvalue weighted by Gasteiger charge is -2.24. The lowest BCUT2D eigenvalue weighted by atomic mass is 9.96. The summed E-state index contributed by atoms with van der Waals surface area (Å²) in [7, 11) is 0. The molecular formula is C12H21NO3. The molecule has 1 unspecified atom stereocenters. The number of ether oxygens (including phenoxy) is 1. The van der Waals surface area contributed by atoms with Gasteiger partial charge in [0.25, 0.3) is 0 Å². The Labute approximate surface area is 96.7 Å². The van der Waals surface area contributed by atoms with Crippen molar-refractivity contribution in [3.05, 3.63) is 0 Å². The SMILES string of the molecule is CCCNC(=O)C(C)OC1CCC(=O)CC1. The topological polar surface area (TPSA) is 55.4 Å². The van der Waals surface area contributed by atoms with E-state index in [1.807, 2.05) is 6.92 Å². The molecule has 4 nitrogen and oxygen atoms in total. The average Bonchev–Trinajstić information content (AvgIpc) is 2.29. The molecule has 0 aliphatic heterocycles. The van der Waals surface area contributed by atoms with E-state index in [-0.39, 0.29) is 12.0 Å². The van der Waals surface area contributed by atoms with E-state index >= 15 is 0 Å². The molecule has 92 valence electrons. The van der Waals surface area contributed by atoms with Gasteiger partial charge < -0.3 is 10.1 Å². The average molecular weight is 227 g/mol. The van der Waals surface area contributed by atoms with Crippen LogP contribution in [0.4, 0.5) is 0 Å². The van der Waals surface area contributed by atoms with Crippen LogP contribution in [-0.2, 0) is 14.3 Å². The van der Waals surface area contributed by atoms with Crippen LogP contribution in [0.5, 0.6) is 0 Å². The molecule has 1 rings (SSSR count). The summed E-state index contributed by atoms with van der Waals surface area (Å²) < 4.78 is 5.63. The van der Waals surface area contributed by atoms with Gasteiger partial charge in [-0.2, -0.15) is 0 Å². The van der Waals surface area contributed by atoms with Gasteiger partial charge in [-0.1, -0.05) is 6.92 Å². The van der Waals surface area contributed by atoms with Crippen LogP contribution in [-0.4, -0.2) is 30.4 Å². The molecule has 1 N–H and O–H groups in total. The smallest absolute Gasteiger partial charge is 0.248 e. The van der Waals surface area contributed by atoms with E-state index in [2.05, 4.69) is 5.32 Å². The molecule has 16 heavy (non-hydrogen) atoms. The molecule has 0 heterocycles. The monoisotopic (exact) mass is 227 g/mol. The van der Waals surface area contributed by atoms with Crippen molar-refractivity contribution >= 4 is 11.7 Å². The highest BCUT2D eigenvalue weighted by molar-refractivity contribution is 5.80. The number of carbonyl (C=O) groups excluding carboxylic acids is 2. The van der Waals surface area contributed by atoms with Crippen molar-refractivity contribution in [2.24, 2.45) is 0 Å². The van der Waals surface area contributed by atoms with Gasteiger partial charge in [0.2, 0.25) is 5.91 Å². The number of amides is 1. The van der Waals surface area contributed by atoms with Gasteiger partial charge in [-0.15, -0.1) is 0 Å². The molecule has 0 spiro atoms. The third kappa shape index (κ3) is 4.31. The third-order valence-electron chi connectivity index (χ3n) is 2.81. The Kier molecular flexibility index (Phi) is 5.46. The first-order chi connectivity index (χ1) is 7.63. The first-order valence-electron chi connectivity index (χ1n) is 6.08. The van der Waals surface area contributed by atoms with Gasteiger partial charge in [-0.25, -0.2) is 0 Å². The predicted molar refractivity (Wildman–Crippen MR) is 61.1 cm³/mol. The minimum atomic E-state index is -0.412. The lowest BCUT2D eigenvalue weighted by Crippen LogP contribution is -2.38. The van der Waals surface area contributed by atoms with Gasteiger partial charge in [-0.05, 0) is 26.2 Å². The van der Waals surface area contributed by atoms with Crippen LogP contribution in [0.3, 0.4) is 0 Å². The van der Waals surface area contributed by atoms with Crippen LogP contribution in [0.25, 0.3) is 0 Å². The van der Waals surface area contributed by atoms with Crippen molar-refractivity contribution in [3.63, 3.8) is 0 Å². The summed E-state index contributed by atoms with van der Waals surface area (Å²) >= 11 is 0. The molecule has 1 aliphatic rings. The summed E-state index contributed by atoms with van der Waals surface area (Å²) in [6, 6.07) is 0. The van der Waals surface area contributed by atoms with E-state index in [1.165, 1.54) is 0 Å². The Bertz CT molecular complexity index is 243. The molecule has 0 aromatic carbocycles. The highest BCUT2D eigenvalue weighted by Gasteiger charge is 2.23. The molecule has 0 radical (unpaired) electrons. The molecule has 1 fully saturated rings. The number of hydrogen-bond donors (Lipinski definition) is 1. The largest absolute Gasteiger partial charge is 0.365 e. The van der Waals surface area contributed by atoms with Crippen molar-refractivity contribution in [3.8, 4) is 0 Å². The summed E-state index contributed by atoms with van der Waals surface area (Å²) in [5, 5.41) is 2.80. The lowest BCUT2D eigenvalue weighted by molar-refractivity contribution is -0.138. The van der Waals surface area contributed by atoms with E-state index in [4.69, 9.17) is 4.74 Å². The third-order valence-corrected chi connectivity index (χ3v) is 2.81. The maximum Gasteiger partial charge on any atom is 0.248 e. The summed E-state index contributed by atoms with van der Waals surface area (Å²) in [5.41, 5.74) is 0. The predicted octanol–water partition coefficient (Wildman–Crippen LogP) is 1.43.